The summed E-state index contributed by atoms with van der Waals surface area (Å²) in [6.45, 7) is 7.63. The summed E-state index contributed by atoms with van der Waals surface area (Å²) in [5, 5.41) is 2.93. The average Bonchev–Trinajstić information content (AvgIpc) is 2.67. The van der Waals surface area contributed by atoms with Gasteiger partial charge < -0.3 is 5.32 Å². The fourth-order valence-corrected chi connectivity index (χ4v) is 4.32. The molecule has 2 atom stereocenters. The number of carbonyl (C=O) groups is 1. The quantitative estimate of drug-likeness (QED) is 0.729. The van der Waals surface area contributed by atoms with Gasteiger partial charge in [-0.2, -0.15) is 0 Å². The molecule has 1 amide bonds. The monoisotopic (exact) mass is 402 g/mol. The Labute approximate surface area is 168 Å². The van der Waals surface area contributed by atoms with Gasteiger partial charge in [-0.25, -0.2) is 8.42 Å². The number of nitrogens with zero attached hydrogens (tertiary/aromatic N) is 1. The van der Waals surface area contributed by atoms with E-state index in [9.17, 15) is 13.2 Å². The van der Waals surface area contributed by atoms with Crippen molar-refractivity contribution in [3.05, 3.63) is 65.2 Å². The molecule has 0 spiro atoms. The lowest BCUT2D eigenvalue weighted by Gasteiger charge is -2.29. The van der Waals surface area contributed by atoms with Gasteiger partial charge in [-0.1, -0.05) is 50.2 Å². The first kappa shape index (κ1) is 22.0. The number of anilines is 1. The Balaban J connectivity index is 2.20. The molecule has 0 fully saturated rings. The zero-order chi connectivity index (χ0) is 20.9. The van der Waals surface area contributed by atoms with Gasteiger partial charge in [0.2, 0.25) is 15.9 Å². The van der Waals surface area contributed by atoms with Gasteiger partial charge in [0.25, 0.3) is 0 Å². The third kappa shape index (κ3) is 5.35. The number of hydrogen-bond acceptors (Lipinski definition) is 3. The molecule has 5 nitrogen and oxygen atoms in total. The lowest BCUT2D eigenvalue weighted by Crippen LogP contribution is -2.48. The predicted octanol–water partition coefficient (Wildman–Crippen LogP) is 3.84. The molecule has 0 aliphatic rings. The van der Waals surface area contributed by atoms with Crippen molar-refractivity contribution < 1.29 is 13.2 Å². The van der Waals surface area contributed by atoms with E-state index in [1.54, 1.807) is 19.1 Å². The minimum Gasteiger partial charge on any atom is -0.348 e. The van der Waals surface area contributed by atoms with E-state index in [1.807, 2.05) is 50.2 Å². The Hall–Kier alpha value is -2.34. The van der Waals surface area contributed by atoms with E-state index < -0.39 is 16.1 Å². The van der Waals surface area contributed by atoms with Crippen LogP contribution in [0.2, 0.25) is 0 Å². The van der Waals surface area contributed by atoms with E-state index >= 15 is 0 Å². The summed E-state index contributed by atoms with van der Waals surface area (Å²) in [6, 6.07) is 14.3. The maximum Gasteiger partial charge on any atom is 0.244 e. The Morgan fingerprint density at radius 2 is 1.39 bits per heavy atom. The lowest BCUT2D eigenvalue weighted by atomic mass is 10.0. The molecule has 2 rings (SSSR count). The first-order chi connectivity index (χ1) is 13.2. The summed E-state index contributed by atoms with van der Waals surface area (Å²) < 4.78 is 26.0. The molecule has 0 bridgehead atoms. The molecule has 0 aromatic heterocycles. The summed E-state index contributed by atoms with van der Waals surface area (Å²) >= 11 is 0. The molecule has 2 aromatic rings. The van der Waals surface area contributed by atoms with Crippen LogP contribution in [0.25, 0.3) is 0 Å². The van der Waals surface area contributed by atoms with Gasteiger partial charge in [-0.15, -0.1) is 0 Å². The number of amides is 1. The highest BCUT2D eigenvalue weighted by Crippen LogP contribution is 2.22. The van der Waals surface area contributed by atoms with Gasteiger partial charge in [0, 0.05) is 0 Å². The minimum absolute atomic E-state index is 0.218. The second-order valence-corrected chi connectivity index (χ2v) is 8.94. The highest BCUT2D eigenvalue weighted by atomic mass is 32.2. The molecular formula is C22H30N2O3S. The molecule has 6 heteroatoms. The van der Waals surface area contributed by atoms with Gasteiger partial charge in [0.1, 0.15) is 6.04 Å². The number of benzene rings is 2. The van der Waals surface area contributed by atoms with E-state index in [-0.39, 0.29) is 11.9 Å². The highest BCUT2D eigenvalue weighted by molar-refractivity contribution is 7.92. The maximum atomic E-state index is 12.8. The van der Waals surface area contributed by atoms with Crippen LogP contribution in [-0.2, 0) is 27.7 Å². The molecule has 0 heterocycles. The number of rotatable bonds is 8. The summed E-state index contributed by atoms with van der Waals surface area (Å²) in [6.07, 6.45) is 2.94. The molecule has 152 valence electrons. The normalized spacial score (nSPS) is 13.6. The number of hydrogen-bond donors (Lipinski definition) is 1. The van der Waals surface area contributed by atoms with Gasteiger partial charge >= 0.3 is 0 Å². The maximum absolute atomic E-state index is 12.8. The third-order valence-electron chi connectivity index (χ3n) is 4.93. The second kappa shape index (κ2) is 9.24. The van der Waals surface area contributed by atoms with E-state index in [0.717, 1.165) is 30.2 Å². The zero-order valence-corrected chi connectivity index (χ0v) is 18.1. The molecule has 2 aromatic carbocycles. The van der Waals surface area contributed by atoms with Crippen LogP contribution in [-0.4, -0.2) is 26.6 Å². The van der Waals surface area contributed by atoms with Crippen molar-refractivity contribution in [1.82, 2.24) is 5.32 Å². The number of sulfonamides is 1. The largest absolute Gasteiger partial charge is 0.348 e. The van der Waals surface area contributed by atoms with E-state index in [1.165, 1.54) is 9.87 Å². The fraction of sp³-hybridized carbons (Fsp3) is 0.409. The van der Waals surface area contributed by atoms with Crippen molar-refractivity contribution in [1.29, 1.82) is 0 Å². The van der Waals surface area contributed by atoms with Crippen LogP contribution in [0, 0.1) is 0 Å². The zero-order valence-electron chi connectivity index (χ0n) is 17.3. The van der Waals surface area contributed by atoms with Crippen LogP contribution in [0.4, 0.5) is 5.69 Å². The summed E-state index contributed by atoms with van der Waals surface area (Å²) in [7, 11) is -3.62. The summed E-state index contributed by atoms with van der Waals surface area (Å²) in [5.41, 5.74) is 3.81. The molecule has 0 saturated carbocycles. The smallest absolute Gasteiger partial charge is 0.244 e. The van der Waals surface area contributed by atoms with Crippen LogP contribution >= 0.6 is 0 Å². The third-order valence-corrected chi connectivity index (χ3v) is 6.18. The van der Waals surface area contributed by atoms with Crippen molar-refractivity contribution >= 4 is 21.6 Å². The molecule has 0 unspecified atom stereocenters. The van der Waals surface area contributed by atoms with E-state index in [2.05, 4.69) is 12.2 Å². The van der Waals surface area contributed by atoms with Crippen LogP contribution in [0.1, 0.15) is 50.4 Å². The predicted molar refractivity (Wildman–Crippen MR) is 115 cm³/mol. The van der Waals surface area contributed by atoms with Gasteiger partial charge in [-0.3, -0.25) is 9.10 Å². The topological polar surface area (TPSA) is 66.5 Å². The van der Waals surface area contributed by atoms with Crippen LogP contribution in [0.15, 0.2) is 48.5 Å². The number of nitrogens with one attached hydrogen (secondary N) is 1. The van der Waals surface area contributed by atoms with Crippen molar-refractivity contribution in [2.45, 2.75) is 52.6 Å². The summed E-state index contributed by atoms with van der Waals surface area (Å²) in [5.74, 6) is -0.336. The molecule has 1 N–H and O–H groups in total. The van der Waals surface area contributed by atoms with Crippen molar-refractivity contribution in [3.8, 4) is 0 Å². The molecule has 0 radical (unpaired) electrons. The highest BCUT2D eigenvalue weighted by Gasteiger charge is 2.29. The fourth-order valence-electron chi connectivity index (χ4n) is 3.15. The van der Waals surface area contributed by atoms with Crippen molar-refractivity contribution in [2.24, 2.45) is 0 Å². The van der Waals surface area contributed by atoms with Crippen molar-refractivity contribution in [2.75, 3.05) is 10.6 Å². The number of aryl methyl sites for hydroxylation is 2. The lowest BCUT2D eigenvalue weighted by molar-refractivity contribution is -0.122. The minimum atomic E-state index is -3.62. The van der Waals surface area contributed by atoms with Crippen LogP contribution in [0.5, 0.6) is 0 Å². The van der Waals surface area contributed by atoms with Gasteiger partial charge in [0.05, 0.1) is 18.0 Å². The van der Waals surface area contributed by atoms with Gasteiger partial charge in [-0.05, 0) is 55.5 Å². The molecule has 0 aliphatic carbocycles. The standard InChI is InChI=1S/C22H30N2O3S/c1-6-18-8-12-20(13-9-18)16(3)23-22(25)17(4)24(28(5,26)27)21-14-10-19(7-2)11-15-21/h8-17H,6-7H2,1-5H3,(H,23,25)/t16-,17+/m0/s1. The van der Waals surface area contributed by atoms with Gasteiger partial charge in [0.15, 0.2) is 0 Å². The van der Waals surface area contributed by atoms with Crippen molar-refractivity contribution in [3.63, 3.8) is 0 Å². The summed E-state index contributed by atoms with van der Waals surface area (Å²) in [4.78, 5) is 12.8. The first-order valence-electron chi connectivity index (χ1n) is 9.64. The Morgan fingerprint density at radius 3 is 1.82 bits per heavy atom. The van der Waals surface area contributed by atoms with E-state index in [0.29, 0.717) is 5.69 Å². The Bertz CT molecular complexity index is 890. The number of carbonyl (C=O) groups excluding carboxylic acids is 1. The van der Waals surface area contributed by atoms with Crippen LogP contribution < -0.4 is 9.62 Å². The van der Waals surface area contributed by atoms with Crippen LogP contribution in [0.3, 0.4) is 0 Å². The molecular weight excluding hydrogens is 372 g/mol. The molecule has 0 saturated heterocycles. The Morgan fingerprint density at radius 1 is 0.929 bits per heavy atom. The Kier molecular flexibility index (Phi) is 7.24. The average molecular weight is 403 g/mol. The second-order valence-electron chi connectivity index (χ2n) is 7.08. The first-order valence-corrected chi connectivity index (χ1v) is 11.5. The SMILES string of the molecule is CCc1ccc([C@H](C)NC(=O)[C@@H](C)N(c2ccc(CC)cc2)S(C)(=O)=O)cc1. The molecule has 0 aliphatic heterocycles. The molecule has 28 heavy (non-hydrogen) atoms. The van der Waals surface area contributed by atoms with E-state index in [4.69, 9.17) is 0 Å².